The molecule has 128 valence electrons. The van der Waals surface area contributed by atoms with E-state index in [9.17, 15) is 5.11 Å². The molecule has 1 saturated carbocycles. The van der Waals surface area contributed by atoms with E-state index in [1.54, 1.807) is 0 Å². The molecule has 0 unspecified atom stereocenters. The summed E-state index contributed by atoms with van der Waals surface area (Å²) in [5.41, 5.74) is 3.08. The molecule has 1 aliphatic rings. The van der Waals surface area contributed by atoms with E-state index in [0.29, 0.717) is 11.8 Å². The molecule has 1 N–H and O–H groups in total. The fourth-order valence-corrected chi connectivity index (χ4v) is 2.85. The Morgan fingerprint density at radius 2 is 1.87 bits per heavy atom. The van der Waals surface area contributed by atoms with Crippen LogP contribution >= 0.6 is 17.0 Å². The first-order valence-corrected chi connectivity index (χ1v) is 14.5. The van der Waals surface area contributed by atoms with Crippen molar-refractivity contribution in [2.45, 2.75) is 71.3 Å². The third-order valence-corrected chi connectivity index (χ3v) is 4.65. The first-order valence-electron chi connectivity index (χ1n) is 8.19. The number of rotatable bonds is 4. The average molecular weight is 436 g/mol. The molecule has 23 heavy (non-hydrogen) atoms. The summed E-state index contributed by atoms with van der Waals surface area (Å²) in [5.74, 6) is 0.407. The van der Waals surface area contributed by atoms with Crippen molar-refractivity contribution < 1.29 is 26.0 Å². The van der Waals surface area contributed by atoms with Crippen LogP contribution in [0.2, 0.25) is 0 Å². The summed E-state index contributed by atoms with van der Waals surface area (Å²) < 4.78 is 0. The van der Waals surface area contributed by atoms with E-state index in [1.807, 2.05) is 12.3 Å². The van der Waals surface area contributed by atoms with Gasteiger partial charge in [0, 0.05) is 23.4 Å². The van der Waals surface area contributed by atoms with Crippen LogP contribution in [-0.2, 0) is 26.3 Å². The maximum absolute atomic E-state index is 10.6. The zero-order valence-electron chi connectivity index (χ0n) is 14.5. The summed E-state index contributed by atoms with van der Waals surface area (Å²) >= 11 is -0.826. The predicted octanol–water partition coefficient (Wildman–Crippen LogP) is 6.13. The van der Waals surface area contributed by atoms with Gasteiger partial charge in [-0.2, -0.15) is 0 Å². The summed E-state index contributed by atoms with van der Waals surface area (Å²) in [6, 6.07) is 4.59. The second kappa shape index (κ2) is 10.2. The summed E-state index contributed by atoms with van der Waals surface area (Å²) in [6.07, 6.45) is 7.84. The molecule has 0 bridgehead atoms. The molecule has 1 fully saturated rings. The molecular formula is C18H27Cl2NOZr. The van der Waals surface area contributed by atoms with Crippen LogP contribution in [0.5, 0.6) is 5.75 Å². The number of halogens is 2. The number of hydrogen-bond donors (Lipinski definition) is 1. The van der Waals surface area contributed by atoms with Gasteiger partial charge in [0.25, 0.3) is 0 Å². The molecule has 1 aliphatic carbocycles. The van der Waals surface area contributed by atoms with Crippen molar-refractivity contribution in [1.82, 2.24) is 0 Å². The van der Waals surface area contributed by atoms with Gasteiger partial charge < -0.3 is 5.11 Å². The Morgan fingerprint density at radius 3 is 2.39 bits per heavy atom. The first kappa shape index (κ1) is 21.2. The van der Waals surface area contributed by atoms with Crippen molar-refractivity contribution in [3.63, 3.8) is 0 Å². The molecule has 2 nitrogen and oxygen atoms in total. The Labute approximate surface area is 159 Å². The fourth-order valence-electron chi connectivity index (χ4n) is 2.85. The molecule has 0 amide bonds. The maximum atomic E-state index is 10.6. The molecule has 1 aromatic rings. The minimum absolute atomic E-state index is 0.00789. The Balaban J connectivity index is 0.000000816. The van der Waals surface area contributed by atoms with Gasteiger partial charge in [-0.1, -0.05) is 39.7 Å². The van der Waals surface area contributed by atoms with E-state index in [-0.39, 0.29) is 5.41 Å². The van der Waals surface area contributed by atoms with Crippen LogP contribution in [0, 0.1) is 6.92 Å². The van der Waals surface area contributed by atoms with Crippen molar-refractivity contribution in [3.05, 3.63) is 28.8 Å². The van der Waals surface area contributed by atoms with Gasteiger partial charge in [0.05, 0.1) is 0 Å². The van der Waals surface area contributed by atoms with E-state index in [0.717, 1.165) is 17.5 Å². The molecule has 0 spiro atoms. The minimum atomic E-state index is -0.826. The van der Waals surface area contributed by atoms with E-state index in [2.05, 4.69) is 38.8 Å². The third-order valence-electron chi connectivity index (χ3n) is 4.65. The second-order valence-corrected chi connectivity index (χ2v) is 10.5. The zero-order valence-corrected chi connectivity index (χ0v) is 18.5. The van der Waals surface area contributed by atoms with Gasteiger partial charge in [0.2, 0.25) is 0 Å². The normalized spacial score (nSPS) is 15.6. The number of nitrogens with zero attached hydrogens (tertiary/aromatic N) is 1. The number of hydrogen-bond acceptors (Lipinski definition) is 2. The molecular weight excluding hydrogens is 408 g/mol. The van der Waals surface area contributed by atoms with Gasteiger partial charge in [-0.3, -0.25) is 4.99 Å². The zero-order chi connectivity index (χ0) is 17.5. The Morgan fingerprint density at radius 1 is 1.30 bits per heavy atom. The van der Waals surface area contributed by atoms with Crippen LogP contribution in [-0.4, -0.2) is 17.4 Å². The Hall–Kier alpha value is 0.153. The predicted molar refractivity (Wildman–Crippen MR) is 97.7 cm³/mol. The van der Waals surface area contributed by atoms with Crippen LogP contribution < -0.4 is 0 Å². The molecule has 0 heterocycles. The molecule has 1 aromatic carbocycles. The van der Waals surface area contributed by atoms with Gasteiger partial charge in [0.15, 0.2) is 0 Å². The van der Waals surface area contributed by atoms with Crippen LogP contribution in [0.1, 0.15) is 69.6 Å². The number of benzene rings is 1. The second-order valence-electron chi connectivity index (χ2n) is 6.78. The van der Waals surface area contributed by atoms with Crippen molar-refractivity contribution in [2.24, 2.45) is 4.99 Å². The molecule has 2 rings (SSSR count). The van der Waals surface area contributed by atoms with Gasteiger partial charge in [0.1, 0.15) is 5.75 Å². The fraction of sp³-hybridized carbons (Fsp3) is 0.611. The summed E-state index contributed by atoms with van der Waals surface area (Å²) in [4.78, 5) is 4.66. The standard InChI is InChI=1S/C18H27NO.2ClH.Zr/c1-5-18(3,4)16-11-13(2)10-14(17(16)20)12-19-15-8-6-7-9-15;;;/h10-12,15,20H,5-9H2,1-4H3;2*1H;/q;;;+2/p-2. The van der Waals surface area contributed by atoms with Crippen LogP contribution in [0.4, 0.5) is 0 Å². The number of aryl methyl sites for hydroxylation is 1. The summed E-state index contributed by atoms with van der Waals surface area (Å²) in [5, 5.41) is 10.6. The third kappa shape index (κ3) is 6.52. The van der Waals surface area contributed by atoms with Crippen molar-refractivity contribution in [3.8, 4) is 5.75 Å². The molecule has 0 saturated heterocycles. The van der Waals surface area contributed by atoms with E-state index in [4.69, 9.17) is 17.0 Å². The van der Waals surface area contributed by atoms with Crippen LogP contribution in [0.15, 0.2) is 17.1 Å². The van der Waals surface area contributed by atoms with Crippen molar-refractivity contribution >= 4 is 23.2 Å². The van der Waals surface area contributed by atoms with E-state index in [1.165, 1.54) is 31.2 Å². The number of phenols is 1. The monoisotopic (exact) mass is 433 g/mol. The van der Waals surface area contributed by atoms with Gasteiger partial charge in [-0.05, 0) is 43.2 Å². The van der Waals surface area contributed by atoms with Crippen LogP contribution in [0.3, 0.4) is 0 Å². The van der Waals surface area contributed by atoms with Crippen molar-refractivity contribution in [2.75, 3.05) is 0 Å². The summed E-state index contributed by atoms with van der Waals surface area (Å²) in [6.45, 7) is 8.61. The molecule has 5 heteroatoms. The van der Waals surface area contributed by atoms with E-state index >= 15 is 0 Å². The number of aliphatic imine (C=N–C) groups is 1. The van der Waals surface area contributed by atoms with Gasteiger partial charge in [-0.25, -0.2) is 0 Å². The first-order chi connectivity index (χ1) is 10.9. The molecule has 0 aliphatic heterocycles. The SMILES string of the molecule is CCC(C)(C)c1cc(C)cc(C=NC2CCCC2)c1O.[Cl][Zr][Cl]. The number of aromatic hydroxyl groups is 1. The quantitative estimate of drug-likeness (QED) is 0.567. The molecule has 0 aromatic heterocycles. The van der Waals surface area contributed by atoms with E-state index < -0.39 is 20.8 Å². The van der Waals surface area contributed by atoms with Crippen molar-refractivity contribution in [1.29, 1.82) is 0 Å². The Kier molecular flexibility index (Phi) is 9.41. The van der Waals surface area contributed by atoms with Crippen LogP contribution in [0.25, 0.3) is 0 Å². The topological polar surface area (TPSA) is 32.6 Å². The molecule has 0 atom stereocenters. The van der Waals surface area contributed by atoms with Gasteiger partial charge in [-0.15, -0.1) is 0 Å². The Bertz CT molecular complexity index is 526. The summed E-state index contributed by atoms with van der Waals surface area (Å²) in [7, 11) is 9.87. The average Bonchev–Trinajstić information content (AvgIpc) is 3.02. The molecule has 0 radical (unpaired) electrons. The van der Waals surface area contributed by atoms with Gasteiger partial charge >= 0.3 is 37.9 Å². The number of phenolic OH excluding ortho intramolecular Hbond substituents is 1.